The molecule has 1 amide bonds. The smallest absolute Gasteiger partial charge is 0.250 e. The lowest BCUT2D eigenvalue weighted by atomic mass is 10.2. The Morgan fingerprint density at radius 2 is 2.35 bits per heavy atom. The second kappa shape index (κ2) is 6.34. The highest BCUT2D eigenvalue weighted by atomic mass is 32.2. The number of hydrogen-bond donors (Lipinski definition) is 3. The normalized spacial score (nSPS) is 12.1. The molecule has 0 radical (unpaired) electrons. The van der Waals surface area contributed by atoms with Gasteiger partial charge in [0.2, 0.25) is 0 Å². The summed E-state index contributed by atoms with van der Waals surface area (Å²) in [6, 6.07) is 1.59. The predicted molar refractivity (Wildman–Crippen MR) is 73.2 cm³/mol. The van der Waals surface area contributed by atoms with Crippen LogP contribution in [0.5, 0.6) is 0 Å². The molecule has 6 heteroatoms. The molecule has 94 valence electrons. The highest BCUT2D eigenvalue weighted by Crippen LogP contribution is 2.14. The average Bonchev–Trinajstić information content (AvgIpc) is 2.28. The van der Waals surface area contributed by atoms with Crippen molar-refractivity contribution in [3.63, 3.8) is 0 Å². The van der Waals surface area contributed by atoms with Crippen LogP contribution in [0.2, 0.25) is 0 Å². The van der Waals surface area contributed by atoms with Crippen molar-refractivity contribution in [3.8, 4) is 0 Å². The van der Waals surface area contributed by atoms with Crippen LogP contribution in [0, 0.1) is 5.92 Å². The summed E-state index contributed by atoms with van der Waals surface area (Å²) >= 11 is 1.80. The molecular formula is C11H18N4OS. The van der Waals surface area contributed by atoms with Gasteiger partial charge in [-0.05, 0) is 24.0 Å². The number of nitrogens with one attached hydrogen (secondary N) is 1. The van der Waals surface area contributed by atoms with E-state index in [4.69, 9.17) is 11.5 Å². The molecule has 0 saturated carbocycles. The van der Waals surface area contributed by atoms with Gasteiger partial charge in [0.1, 0.15) is 5.82 Å². The minimum Gasteiger partial charge on any atom is -0.397 e. The highest BCUT2D eigenvalue weighted by Gasteiger charge is 2.08. The molecular weight excluding hydrogens is 236 g/mol. The Balaban J connectivity index is 2.66. The number of nitrogen functional groups attached to an aromatic ring is 1. The van der Waals surface area contributed by atoms with Crippen LogP contribution in [0.15, 0.2) is 12.3 Å². The number of rotatable bonds is 6. The van der Waals surface area contributed by atoms with Gasteiger partial charge >= 0.3 is 0 Å². The number of anilines is 2. The van der Waals surface area contributed by atoms with Crippen LogP contribution in [-0.4, -0.2) is 29.4 Å². The molecule has 1 heterocycles. The van der Waals surface area contributed by atoms with Gasteiger partial charge in [0.15, 0.2) is 0 Å². The molecule has 5 nitrogen and oxygen atoms in total. The van der Waals surface area contributed by atoms with Gasteiger partial charge in [0, 0.05) is 6.54 Å². The second-order valence-corrected chi connectivity index (χ2v) is 4.87. The van der Waals surface area contributed by atoms with Crippen LogP contribution in [0.1, 0.15) is 17.3 Å². The topological polar surface area (TPSA) is 94.0 Å². The van der Waals surface area contributed by atoms with E-state index in [9.17, 15) is 4.79 Å². The summed E-state index contributed by atoms with van der Waals surface area (Å²) in [5.74, 6) is 1.69. The standard InChI is InChI=1S/C11H18N4OS/c1-7(6-17-2)4-14-10-3-8(11(13)16)9(12)5-15-10/h3,5,7H,4,6,12H2,1-2H3,(H2,13,16)(H,14,15). The van der Waals surface area contributed by atoms with Gasteiger partial charge in [0.05, 0.1) is 17.4 Å². The third-order valence-corrected chi connectivity index (χ3v) is 3.19. The zero-order valence-electron chi connectivity index (χ0n) is 10.1. The summed E-state index contributed by atoms with van der Waals surface area (Å²) in [5.41, 5.74) is 11.4. The van der Waals surface area contributed by atoms with Crippen LogP contribution >= 0.6 is 11.8 Å². The minimum absolute atomic E-state index is 0.306. The molecule has 1 aromatic rings. The average molecular weight is 254 g/mol. The van der Waals surface area contributed by atoms with E-state index in [2.05, 4.69) is 23.5 Å². The van der Waals surface area contributed by atoms with E-state index in [-0.39, 0.29) is 0 Å². The van der Waals surface area contributed by atoms with E-state index >= 15 is 0 Å². The minimum atomic E-state index is -0.537. The summed E-state index contributed by atoms with van der Waals surface area (Å²) in [6.45, 7) is 2.95. The van der Waals surface area contributed by atoms with Gasteiger partial charge in [0.25, 0.3) is 5.91 Å². The van der Waals surface area contributed by atoms with Gasteiger partial charge in [-0.1, -0.05) is 6.92 Å². The summed E-state index contributed by atoms with van der Waals surface area (Å²) in [7, 11) is 0. The Hall–Kier alpha value is -1.43. The summed E-state index contributed by atoms with van der Waals surface area (Å²) in [4.78, 5) is 15.2. The fourth-order valence-electron chi connectivity index (χ4n) is 1.40. The number of amides is 1. The molecule has 1 atom stereocenters. The maximum absolute atomic E-state index is 11.1. The molecule has 1 rings (SSSR count). The maximum atomic E-state index is 11.1. The number of aromatic nitrogens is 1. The van der Waals surface area contributed by atoms with Crippen molar-refractivity contribution in [1.82, 2.24) is 4.98 Å². The highest BCUT2D eigenvalue weighted by molar-refractivity contribution is 7.98. The number of hydrogen-bond acceptors (Lipinski definition) is 5. The van der Waals surface area contributed by atoms with Crippen LogP contribution in [0.25, 0.3) is 0 Å². The van der Waals surface area contributed by atoms with E-state index in [0.29, 0.717) is 23.0 Å². The van der Waals surface area contributed by atoms with Crippen LogP contribution in [0.3, 0.4) is 0 Å². The molecule has 0 aromatic carbocycles. The van der Waals surface area contributed by atoms with Gasteiger partial charge < -0.3 is 16.8 Å². The molecule has 0 bridgehead atoms. The van der Waals surface area contributed by atoms with Crippen molar-refractivity contribution < 1.29 is 4.79 Å². The molecule has 1 unspecified atom stereocenters. The predicted octanol–water partition coefficient (Wildman–Crippen LogP) is 1.17. The number of primary amides is 1. The molecule has 1 aromatic heterocycles. The third-order valence-electron chi connectivity index (χ3n) is 2.28. The van der Waals surface area contributed by atoms with E-state index in [0.717, 1.165) is 12.3 Å². The van der Waals surface area contributed by atoms with Crippen molar-refractivity contribution in [2.75, 3.05) is 29.6 Å². The zero-order valence-corrected chi connectivity index (χ0v) is 10.9. The largest absolute Gasteiger partial charge is 0.397 e. The zero-order chi connectivity index (χ0) is 12.8. The maximum Gasteiger partial charge on any atom is 0.250 e. The monoisotopic (exact) mass is 254 g/mol. The fourth-order valence-corrected chi connectivity index (χ4v) is 2.09. The second-order valence-electron chi connectivity index (χ2n) is 3.96. The fraction of sp³-hybridized carbons (Fsp3) is 0.455. The number of thioether (sulfide) groups is 1. The molecule has 0 fully saturated rings. The first-order valence-electron chi connectivity index (χ1n) is 5.32. The lowest BCUT2D eigenvalue weighted by Crippen LogP contribution is -2.17. The van der Waals surface area contributed by atoms with E-state index < -0.39 is 5.91 Å². The van der Waals surface area contributed by atoms with E-state index in [1.54, 1.807) is 17.8 Å². The van der Waals surface area contributed by atoms with Crippen molar-refractivity contribution in [2.45, 2.75) is 6.92 Å². The van der Waals surface area contributed by atoms with Gasteiger partial charge in [-0.2, -0.15) is 11.8 Å². The van der Waals surface area contributed by atoms with E-state index in [1.165, 1.54) is 6.20 Å². The molecule has 5 N–H and O–H groups in total. The quantitative estimate of drug-likeness (QED) is 0.708. The van der Waals surface area contributed by atoms with Crippen molar-refractivity contribution in [2.24, 2.45) is 11.7 Å². The van der Waals surface area contributed by atoms with Crippen molar-refractivity contribution >= 4 is 29.2 Å². The number of carbonyl (C=O) groups excluding carboxylic acids is 1. The first kappa shape index (κ1) is 13.6. The number of nitrogens with zero attached hydrogens (tertiary/aromatic N) is 1. The Bertz CT molecular complexity index is 397. The Morgan fingerprint density at radius 3 is 2.94 bits per heavy atom. The molecule has 0 spiro atoms. The number of nitrogens with two attached hydrogens (primary N) is 2. The first-order chi connectivity index (χ1) is 8.04. The SMILES string of the molecule is CSCC(C)CNc1cc(C(N)=O)c(N)cn1. The Labute approximate surface area is 105 Å². The van der Waals surface area contributed by atoms with E-state index in [1.807, 2.05) is 0 Å². The molecule has 0 aliphatic heterocycles. The van der Waals surface area contributed by atoms with Crippen molar-refractivity contribution in [3.05, 3.63) is 17.8 Å². The lowest BCUT2D eigenvalue weighted by Gasteiger charge is -2.12. The Morgan fingerprint density at radius 1 is 1.65 bits per heavy atom. The molecule has 0 aliphatic carbocycles. The van der Waals surface area contributed by atoms with Crippen LogP contribution < -0.4 is 16.8 Å². The lowest BCUT2D eigenvalue weighted by molar-refractivity contribution is 0.100. The summed E-state index contributed by atoms with van der Waals surface area (Å²) in [6.07, 6.45) is 3.52. The number of pyridine rings is 1. The summed E-state index contributed by atoms with van der Waals surface area (Å²) < 4.78 is 0. The van der Waals surface area contributed by atoms with Crippen LogP contribution in [-0.2, 0) is 0 Å². The third kappa shape index (κ3) is 4.14. The van der Waals surface area contributed by atoms with Gasteiger partial charge in [-0.15, -0.1) is 0 Å². The first-order valence-corrected chi connectivity index (χ1v) is 6.72. The van der Waals surface area contributed by atoms with Crippen LogP contribution in [0.4, 0.5) is 11.5 Å². The molecule has 17 heavy (non-hydrogen) atoms. The molecule has 0 saturated heterocycles. The molecule has 0 aliphatic rings. The van der Waals surface area contributed by atoms with Gasteiger partial charge in [-0.3, -0.25) is 4.79 Å². The van der Waals surface area contributed by atoms with Crippen molar-refractivity contribution in [1.29, 1.82) is 0 Å². The summed E-state index contributed by atoms with van der Waals surface area (Å²) in [5, 5.41) is 3.16. The Kier molecular flexibility index (Phi) is 5.09. The van der Waals surface area contributed by atoms with Gasteiger partial charge in [-0.25, -0.2) is 4.98 Å². The number of carbonyl (C=O) groups is 1.